The van der Waals surface area contributed by atoms with Crippen molar-refractivity contribution < 1.29 is 19.5 Å². The second-order valence-electron chi connectivity index (χ2n) is 4.64. The molecule has 0 fully saturated rings. The average Bonchev–Trinajstić information content (AvgIpc) is 2.18. The van der Waals surface area contributed by atoms with Crippen LogP contribution < -0.4 is 0 Å². The number of hydrogen-bond acceptors (Lipinski definition) is 2. The monoisotopic (exact) mass is 292 g/mol. The molecule has 0 N–H and O–H groups in total. The molecule has 0 bridgehead atoms. The Hall–Kier alpha value is 0.543. The van der Waals surface area contributed by atoms with Gasteiger partial charge in [0.05, 0.1) is 0 Å². The molecule has 0 saturated heterocycles. The predicted octanol–water partition coefficient (Wildman–Crippen LogP) is 3.10. The minimum Gasteiger partial charge on any atom is -0.342 e. The Morgan fingerprint density at radius 2 is 1.41 bits per heavy atom. The van der Waals surface area contributed by atoms with Crippen LogP contribution >= 0.6 is 0 Å². The molecule has 0 aromatic heterocycles. The molecule has 0 saturated carbocycles. The Balaban J connectivity index is -0.000000244. The number of rotatable bonds is 7. The van der Waals surface area contributed by atoms with Crippen LogP contribution in [0.25, 0.3) is 0 Å². The summed E-state index contributed by atoms with van der Waals surface area (Å²) in [7, 11) is 4.09. The van der Waals surface area contributed by atoms with Crippen LogP contribution in [0.1, 0.15) is 40.0 Å². The van der Waals surface area contributed by atoms with E-state index in [1.807, 2.05) is 14.1 Å². The van der Waals surface area contributed by atoms with Crippen molar-refractivity contribution in [2.24, 2.45) is 0 Å². The third-order valence-electron chi connectivity index (χ3n) is 2.29. The van der Waals surface area contributed by atoms with Gasteiger partial charge in [-0.05, 0) is 54.0 Å². The van der Waals surface area contributed by atoms with E-state index in [1.54, 1.807) is 0 Å². The van der Waals surface area contributed by atoms with Crippen molar-refractivity contribution in [1.82, 2.24) is 9.80 Å². The molecule has 0 rings (SSSR count). The van der Waals surface area contributed by atoms with Crippen molar-refractivity contribution in [3.8, 4) is 0 Å². The van der Waals surface area contributed by atoms with Gasteiger partial charge >= 0.3 is 19.5 Å². The van der Waals surface area contributed by atoms with Gasteiger partial charge in [-0.15, -0.1) is 0 Å². The summed E-state index contributed by atoms with van der Waals surface area (Å²) >= 11 is 0. The zero-order valence-electron chi connectivity index (χ0n) is 12.8. The summed E-state index contributed by atoms with van der Waals surface area (Å²) in [5.74, 6) is 0. The largest absolute Gasteiger partial charge is 2.00 e. The van der Waals surface area contributed by atoms with E-state index in [1.165, 1.54) is 13.0 Å². The molecular weight excluding hydrogens is 262 g/mol. The third kappa shape index (κ3) is 19.1. The van der Waals surface area contributed by atoms with Gasteiger partial charge in [-0.3, -0.25) is 0 Å². The fourth-order valence-electron chi connectivity index (χ4n) is 1.43. The normalized spacial score (nSPS) is 10.2. The number of nitrogens with zero attached hydrogens (tertiary/aromatic N) is 2. The molecule has 17 heavy (non-hydrogen) atoms. The van der Waals surface area contributed by atoms with Crippen LogP contribution in [0.3, 0.4) is 0 Å². The Labute approximate surface area is 123 Å². The van der Waals surface area contributed by atoms with E-state index < -0.39 is 0 Å². The van der Waals surface area contributed by atoms with Crippen molar-refractivity contribution >= 4 is 0 Å². The van der Waals surface area contributed by atoms with Crippen molar-refractivity contribution in [3.63, 3.8) is 0 Å². The molecule has 0 aliphatic rings. The summed E-state index contributed by atoms with van der Waals surface area (Å²) in [4.78, 5) is 4.58. The fourth-order valence-corrected chi connectivity index (χ4v) is 1.43. The maximum absolute atomic E-state index is 3.85. The van der Waals surface area contributed by atoms with Crippen LogP contribution in [-0.2, 0) is 19.5 Å². The van der Waals surface area contributed by atoms with Gasteiger partial charge in [-0.25, -0.2) is 0 Å². The Kier molecular flexibility index (Phi) is 22.1. The summed E-state index contributed by atoms with van der Waals surface area (Å²) in [6.07, 6.45) is 3.28. The zero-order chi connectivity index (χ0) is 13.0. The van der Waals surface area contributed by atoms with Crippen LogP contribution in [-0.4, -0.2) is 49.6 Å². The molecule has 0 radical (unpaired) electrons. The van der Waals surface area contributed by atoms with Crippen LogP contribution in [0.5, 0.6) is 0 Å². The topological polar surface area (TPSA) is 6.48 Å². The minimum absolute atomic E-state index is 0. The molecule has 3 heteroatoms. The fraction of sp³-hybridized carbons (Fsp3) is 0.857. The van der Waals surface area contributed by atoms with E-state index in [9.17, 15) is 0 Å². The van der Waals surface area contributed by atoms with E-state index >= 15 is 0 Å². The van der Waals surface area contributed by atoms with Gasteiger partial charge in [0.15, 0.2) is 0 Å². The molecule has 0 aromatic rings. The van der Waals surface area contributed by atoms with Crippen molar-refractivity contribution in [2.45, 2.75) is 46.1 Å². The molecular formula is C14H32N2Zn. The van der Waals surface area contributed by atoms with Gasteiger partial charge < -0.3 is 23.6 Å². The molecule has 0 aliphatic carbocycles. The quantitative estimate of drug-likeness (QED) is 0.526. The van der Waals surface area contributed by atoms with E-state index in [4.69, 9.17) is 0 Å². The molecule has 0 spiro atoms. The van der Waals surface area contributed by atoms with Crippen molar-refractivity contribution in [1.29, 1.82) is 0 Å². The Bertz CT molecular complexity index is 121. The SMILES string of the molecule is [CH2-]CCN(C)C.[CH2-]CCN(CCC)C(C)C.[Zn+2]. The second-order valence-corrected chi connectivity index (χ2v) is 4.64. The van der Waals surface area contributed by atoms with Gasteiger partial charge in [0.1, 0.15) is 0 Å². The Morgan fingerprint density at radius 1 is 0.941 bits per heavy atom. The van der Waals surface area contributed by atoms with E-state index in [-0.39, 0.29) is 19.5 Å². The van der Waals surface area contributed by atoms with Crippen LogP contribution in [0, 0.1) is 13.8 Å². The first-order valence-corrected chi connectivity index (χ1v) is 6.46. The molecule has 0 amide bonds. The maximum Gasteiger partial charge on any atom is 2.00 e. The molecule has 0 atom stereocenters. The standard InChI is InChI=1S/C9H20N.C5H12N.Zn/c1-5-7-10(8-6-2)9(3)4;1-4-5-6(2)3;/h9H,1,5-8H2,2-4H3;1,4-5H2,2-3H3;/q2*-1;+2. The smallest absolute Gasteiger partial charge is 0.342 e. The summed E-state index contributed by atoms with van der Waals surface area (Å²) in [5.41, 5.74) is 0. The Morgan fingerprint density at radius 3 is 1.59 bits per heavy atom. The van der Waals surface area contributed by atoms with Gasteiger partial charge in [-0.1, -0.05) is 6.92 Å². The van der Waals surface area contributed by atoms with Gasteiger partial charge in [0, 0.05) is 6.04 Å². The molecule has 0 aromatic carbocycles. The first kappa shape index (κ1) is 22.7. The second kappa shape index (κ2) is 16.5. The first-order chi connectivity index (χ1) is 7.49. The first-order valence-electron chi connectivity index (χ1n) is 6.46. The number of hydrogen-bond donors (Lipinski definition) is 0. The van der Waals surface area contributed by atoms with E-state index in [2.05, 4.69) is 44.4 Å². The van der Waals surface area contributed by atoms with Crippen molar-refractivity contribution in [2.75, 3.05) is 33.7 Å². The molecule has 0 aliphatic heterocycles. The van der Waals surface area contributed by atoms with E-state index in [0.717, 1.165) is 25.9 Å². The maximum atomic E-state index is 3.85. The summed E-state index contributed by atoms with van der Waals surface area (Å²) in [6.45, 7) is 17.7. The summed E-state index contributed by atoms with van der Waals surface area (Å²) in [6, 6.07) is 0.682. The van der Waals surface area contributed by atoms with Gasteiger partial charge in [-0.2, -0.15) is 12.8 Å². The molecule has 0 unspecified atom stereocenters. The van der Waals surface area contributed by atoms with Gasteiger partial charge in [0.25, 0.3) is 0 Å². The van der Waals surface area contributed by atoms with E-state index in [0.29, 0.717) is 6.04 Å². The molecule has 2 nitrogen and oxygen atoms in total. The zero-order valence-corrected chi connectivity index (χ0v) is 15.8. The summed E-state index contributed by atoms with van der Waals surface area (Å²) in [5, 5.41) is 0. The van der Waals surface area contributed by atoms with Gasteiger partial charge in [0.2, 0.25) is 0 Å². The third-order valence-corrected chi connectivity index (χ3v) is 2.29. The van der Waals surface area contributed by atoms with Crippen molar-refractivity contribution in [3.05, 3.63) is 13.8 Å². The molecule has 0 heterocycles. The van der Waals surface area contributed by atoms with Crippen LogP contribution in [0.2, 0.25) is 0 Å². The van der Waals surface area contributed by atoms with Crippen LogP contribution in [0.15, 0.2) is 0 Å². The average molecular weight is 294 g/mol. The van der Waals surface area contributed by atoms with Crippen LogP contribution in [0.4, 0.5) is 0 Å². The minimum atomic E-state index is 0. The predicted molar refractivity (Wildman–Crippen MR) is 75.5 cm³/mol. The summed E-state index contributed by atoms with van der Waals surface area (Å²) < 4.78 is 0. The molecule has 100 valence electrons.